The lowest BCUT2D eigenvalue weighted by Gasteiger charge is -2.01. The quantitative estimate of drug-likeness (QED) is 0.672. The van der Waals surface area contributed by atoms with Crippen molar-refractivity contribution >= 4 is 6.08 Å². The first-order valence-electron chi connectivity index (χ1n) is 4.64. The van der Waals surface area contributed by atoms with Gasteiger partial charge in [0.25, 0.3) is 0 Å². The average molecular weight is 196 g/mol. The van der Waals surface area contributed by atoms with Gasteiger partial charge in [0.15, 0.2) is 11.6 Å². The Kier molecular flexibility index (Phi) is 3.39. The molecular formula is C12H14F2. The number of rotatable bonds is 2. The molecule has 0 N–H and O–H groups in total. The molecule has 0 aromatic heterocycles. The summed E-state index contributed by atoms with van der Waals surface area (Å²) in [4.78, 5) is 0. The molecule has 0 unspecified atom stereocenters. The van der Waals surface area contributed by atoms with Gasteiger partial charge in [0.1, 0.15) is 0 Å². The van der Waals surface area contributed by atoms with Gasteiger partial charge in [-0.3, -0.25) is 0 Å². The molecule has 0 aliphatic rings. The molecule has 0 spiro atoms. The second-order valence-corrected chi connectivity index (χ2v) is 3.74. The van der Waals surface area contributed by atoms with Crippen molar-refractivity contribution in [3.8, 4) is 0 Å². The summed E-state index contributed by atoms with van der Waals surface area (Å²) >= 11 is 0. The van der Waals surface area contributed by atoms with Gasteiger partial charge in [0.2, 0.25) is 0 Å². The highest BCUT2D eigenvalue weighted by Crippen LogP contribution is 2.15. The molecule has 1 aromatic rings. The molecule has 0 saturated carbocycles. The zero-order chi connectivity index (χ0) is 10.7. The van der Waals surface area contributed by atoms with Gasteiger partial charge < -0.3 is 0 Å². The van der Waals surface area contributed by atoms with Crippen molar-refractivity contribution in [3.05, 3.63) is 41.0 Å². The standard InChI is InChI=1S/C12H14F2/c1-8(2)4-5-10-6-9(3)12(14)11(13)7-10/h4-8H,1-3H3/b5-4+. The molecule has 1 aromatic carbocycles. The maximum absolute atomic E-state index is 13.0. The van der Waals surface area contributed by atoms with Gasteiger partial charge in [-0.25, -0.2) is 8.78 Å². The molecule has 14 heavy (non-hydrogen) atoms. The number of benzene rings is 1. The van der Waals surface area contributed by atoms with Crippen molar-refractivity contribution in [1.82, 2.24) is 0 Å². The van der Waals surface area contributed by atoms with Crippen LogP contribution in [0.3, 0.4) is 0 Å². The van der Waals surface area contributed by atoms with E-state index in [1.807, 2.05) is 19.9 Å². The van der Waals surface area contributed by atoms with Crippen molar-refractivity contribution in [2.75, 3.05) is 0 Å². The Bertz CT molecular complexity index is 328. The molecule has 0 fully saturated rings. The van der Waals surface area contributed by atoms with Gasteiger partial charge in [-0.1, -0.05) is 26.0 Å². The van der Waals surface area contributed by atoms with E-state index >= 15 is 0 Å². The third-order valence-electron chi connectivity index (χ3n) is 1.91. The molecule has 0 heterocycles. The highest BCUT2D eigenvalue weighted by atomic mass is 19.2. The van der Waals surface area contributed by atoms with E-state index in [0.29, 0.717) is 17.0 Å². The van der Waals surface area contributed by atoms with Crippen LogP contribution < -0.4 is 0 Å². The molecule has 1 rings (SSSR count). The van der Waals surface area contributed by atoms with Gasteiger partial charge >= 0.3 is 0 Å². The van der Waals surface area contributed by atoms with Crippen LogP contribution in [0.5, 0.6) is 0 Å². The first-order chi connectivity index (χ1) is 6.50. The molecule has 0 atom stereocenters. The van der Waals surface area contributed by atoms with Crippen LogP contribution in [-0.4, -0.2) is 0 Å². The van der Waals surface area contributed by atoms with Crippen LogP contribution in [-0.2, 0) is 0 Å². The number of halogens is 2. The van der Waals surface area contributed by atoms with Crippen LogP contribution in [0.1, 0.15) is 25.0 Å². The fourth-order valence-corrected chi connectivity index (χ4v) is 1.15. The number of allylic oxidation sites excluding steroid dienone is 1. The Labute approximate surface area is 83.3 Å². The first-order valence-corrected chi connectivity index (χ1v) is 4.64. The topological polar surface area (TPSA) is 0 Å². The summed E-state index contributed by atoms with van der Waals surface area (Å²) in [6, 6.07) is 2.85. The largest absolute Gasteiger partial charge is 0.204 e. The summed E-state index contributed by atoms with van der Waals surface area (Å²) in [6.07, 6.45) is 3.76. The maximum Gasteiger partial charge on any atom is 0.161 e. The van der Waals surface area contributed by atoms with E-state index in [1.54, 1.807) is 19.1 Å². The first kappa shape index (κ1) is 10.9. The smallest absolute Gasteiger partial charge is 0.161 e. The van der Waals surface area contributed by atoms with Crippen LogP contribution in [0, 0.1) is 24.5 Å². The van der Waals surface area contributed by atoms with E-state index in [0.717, 1.165) is 0 Å². The lowest BCUT2D eigenvalue weighted by molar-refractivity contribution is 0.503. The lowest BCUT2D eigenvalue weighted by Crippen LogP contribution is -1.90. The molecule has 0 aliphatic heterocycles. The highest BCUT2D eigenvalue weighted by molar-refractivity contribution is 5.50. The number of hydrogen-bond donors (Lipinski definition) is 0. The summed E-state index contributed by atoms with van der Waals surface area (Å²) in [6.45, 7) is 5.62. The average Bonchev–Trinajstić information content (AvgIpc) is 2.10. The van der Waals surface area contributed by atoms with Crippen molar-refractivity contribution in [2.45, 2.75) is 20.8 Å². The zero-order valence-corrected chi connectivity index (χ0v) is 8.64. The van der Waals surface area contributed by atoms with E-state index < -0.39 is 11.6 Å². The minimum absolute atomic E-state index is 0.341. The summed E-state index contributed by atoms with van der Waals surface area (Å²) in [5, 5.41) is 0. The molecule has 76 valence electrons. The molecule has 0 saturated heterocycles. The predicted molar refractivity (Wildman–Crippen MR) is 55.0 cm³/mol. The van der Waals surface area contributed by atoms with Gasteiger partial charge in [-0.05, 0) is 36.1 Å². The second kappa shape index (κ2) is 4.36. The Balaban J connectivity index is 3.01. The van der Waals surface area contributed by atoms with Gasteiger partial charge in [0.05, 0.1) is 0 Å². The summed E-state index contributed by atoms with van der Waals surface area (Å²) in [7, 11) is 0. The van der Waals surface area contributed by atoms with Crippen molar-refractivity contribution in [2.24, 2.45) is 5.92 Å². The van der Waals surface area contributed by atoms with Gasteiger partial charge in [-0.2, -0.15) is 0 Å². The van der Waals surface area contributed by atoms with Gasteiger partial charge in [-0.15, -0.1) is 0 Å². The molecule has 0 aliphatic carbocycles. The highest BCUT2D eigenvalue weighted by Gasteiger charge is 2.05. The Morgan fingerprint density at radius 3 is 2.36 bits per heavy atom. The third kappa shape index (κ3) is 2.66. The molecule has 0 bridgehead atoms. The predicted octanol–water partition coefficient (Wildman–Crippen LogP) is 3.94. The van der Waals surface area contributed by atoms with Crippen LogP contribution in [0.2, 0.25) is 0 Å². The zero-order valence-electron chi connectivity index (χ0n) is 8.64. The molecule has 2 heteroatoms. The van der Waals surface area contributed by atoms with Crippen LogP contribution in [0.25, 0.3) is 6.08 Å². The Hall–Kier alpha value is -1.18. The second-order valence-electron chi connectivity index (χ2n) is 3.74. The van der Waals surface area contributed by atoms with Crippen molar-refractivity contribution < 1.29 is 8.78 Å². The minimum Gasteiger partial charge on any atom is -0.204 e. The number of aryl methyl sites for hydroxylation is 1. The SMILES string of the molecule is Cc1cc(/C=C/C(C)C)cc(F)c1F. The third-order valence-corrected chi connectivity index (χ3v) is 1.91. The van der Waals surface area contributed by atoms with Gasteiger partial charge in [0, 0.05) is 0 Å². The summed E-state index contributed by atoms with van der Waals surface area (Å²) < 4.78 is 25.9. The minimum atomic E-state index is -0.784. The van der Waals surface area contributed by atoms with Crippen molar-refractivity contribution in [3.63, 3.8) is 0 Å². The number of hydrogen-bond acceptors (Lipinski definition) is 0. The van der Waals surface area contributed by atoms with Crippen LogP contribution in [0.15, 0.2) is 18.2 Å². The molecule has 0 radical (unpaired) electrons. The molecule has 0 nitrogen and oxygen atoms in total. The van der Waals surface area contributed by atoms with E-state index in [-0.39, 0.29) is 0 Å². The molecular weight excluding hydrogens is 182 g/mol. The lowest BCUT2D eigenvalue weighted by atomic mass is 10.1. The fourth-order valence-electron chi connectivity index (χ4n) is 1.15. The fraction of sp³-hybridized carbons (Fsp3) is 0.333. The monoisotopic (exact) mass is 196 g/mol. The summed E-state index contributed by atoms with van der Waals surface area (Å²) in [5.41, 5.74) is 1.04. The molecule has 0 amide bonds. The van der Waals surface area contributed by atoms with E-state index in [1.165, 1.54) is 6.07 Å². The van der Waals surface area contributed by atoms with Crippen molar-refractivity contribution in [1.29, 1.82) is 0 Å². The van der Waals surface area contributed by atoms with Crippen LogP contribution in [0.4, 0.5) is 8.78 Å². The maximum atomic E-state index is 13.0. The van der Waals surface area contributed by atoms with Crippen LogP contribution >= 0.6 is 0 Å². The van der Waals surface area contributed by atoms with E-state index in [4.69, 9.17) is 0 Å². The van der Waals surface area contributed by atoms with E-state index in [2.05, 4.69) is 0 Å². The Morgan fingerprint density at radius 2 is 1.86 bits per heavy atom. The normalized spacial score (nSPS) is 11.6. The Morgan fingerprint density at radius 1 is 1.21 bits per heavy atom. The summed E-state index contributed by atoms with van der Waals surface area (Å²) in [5.74, 6) is -1.14. The van der Waals surface area contributed by atoms with E-state index in [9.17, 15) is 8.78 Å².